The molecule has 2 fully saturated rings. The molecule has 1 amide bonds. The van der Waals surface area contributed by atoms with E-state index in [2.05, 4.69) is 26.0 Å². The van der Waals surface area contributed by atoms with Crippen LogP contribution in [0.3, 0.4) is 0 Å². The topological polar surface area (TPSA) is 83.3 Å². The van der Waals surface area contributed by atoms with E-state index < -0.39 is 0 Å². The van der Waals surface area contributed by atoms with Crippen LogP contribution in [0.15, 0.2) is 36.5 Å². The third kappa shape index (κ3) is 4.13. The molecule has 2 aromatic heterocycles. The van der Waals surface area contributed by atoms with E-state index in [0.717, 1.165) is 54.6 Å². The van der Waals surface area contributed by atoms with Crippen molar-refractivity contribution in [3.8, 4) is 11.3 Å². The molecule has 3 heterocycles. The van der Waals surface area contributed by atoms with Crippen LogP contribution in [0.1, 0.15) is 36.0 Å². The van der Waals surface area contributed by atoms with Gasteiger partial charge < -0.3 is 16.0 Å². The normalized spacial score (nSPS) is 18.6. The van der Waals surface area contributed by atoms with Crippen LogP contribution in [-0.4, -0.2) is 46.2 Å². The molecule has 0 bridgehead atoms. The minimum Gasteiger partial charge on any atom is -0.368 e. The Balaban J connectivity index is 1.34. The molecule has 2 aliphatic rings. The van der Waals surface area contributed by atoms with Crippen molar-refractivity contribution in [1.29, 1.82) is 0 Å². The van der Waals surface area contributed by atoms with Crippen LogP contribution in [-0.2, 0) is 0 Å². The summed E-state index contributed by atoms with van der Waals surface area (Å²) in [7, 11) is 0. The van der Waals surface area contributed by atoms with Gasteiger partial charge >= 0.3 is 0 Å². The van der Waals surface area contributed by atoms with Crippen LogP contribution in [0.25, 0.3) is 16.9 Å². The van der Waals surface area contributed by atoms with Crippen molar-refractivity contribution in [3.63, 3.8) is 0 Å². The van der Waals surface area contributed by atoms with Gasteiger partial charge in [-0.15, -0.1) is 5.10 Å². The Labute approximate surface area is 180 Å². The first-order chi connectivity index (χ1) is 14.7. The van der Waals surface area contributed by atoms with E-state index in [9.17, 15) is 4.79 Å². The third-order valence-corrected chi connectivity index (χ3v) is 6.12. The molecule has 1 saturated carbocycles. The Bertz CT molecular complexity index is 1070. The van der Waals surface area contributed by atoms with Crippen molar-refractivity contribution < 1.29 is 4.79 Å². The molecule has 0 radical (unpaired) electrons. The molecular weight excluding hydrogens is 400 g/mol. The van der Waals surface area contributed by atoms with E-state index in [-0.39, 0.29) is 5.91 Å². The standard InChI is InChI=1S/C22H25ClN6O/c23-18-10-15(5-6-17(18)22(30)27-12-16-2-1-9-24-16)19-13-26-21-8-7-20(28-29(19)21)25-11-14-3-4-14/h5-8,10,13-14,16,24H,1-4,9,11-12H2,(H,25,28)(H,27,30)/t16-/m0/s1. The van der Waals surface area contributed by atoms with Gasteiger partial charge in [0.15, 0.2) is 5.65 Å². The van der Waals surface area contributed by atoms with Crippen molar-refractivity contribution in [2.24, 2.45) is 5.92 Å². The number of nitrogens with zero attached hydrogens (tertiary/aromatic N) is 3. The summed E-state index contributed by atoms with van der Waals surface area (Å²) >= 11 is 6.47. The monoisotopic (exact) mass is 424 g/mol. The fourth-order valence-electron chi connectivity index (χ4n) is 3.84. The van der Waals surface area contributed by atoms with Gasteiger partial charge in [-0.25, -0.2) is 9.50 Å². The number of amides is 1. The molecular formula is C22H25ClN6O. The van der Waals surface area contributed by atoms with Gasteiger partial charge in [-0.05, 0) is 62.4 Å². The highest BCUT2D eigenvalue weighted by Crippen LogP contribution is 2.29. The molecule has 30 heavy (non-hydrogen) atoms. The average molecular weight is 425 g/mol. The van der Waals surface area contributed by atoms with E-state index in [1.165, 1.54) is 12.8 Å². The van der Waals surface area contributed by atoms with Gasteiger partial charge in [-0.2, -0.15) is 0 Å². The number of nitrogens with one attached hydrogen (secondary N) is 3. The number of aromatic nitrogens is 3. The fourth-order valence-corrected chi connectivity index (χ4v) is 4.10. The quantitative estimate of drug-likeness (QED) is 0.541. The minimum absolute atomic E-state index is 0.150. The van der Waals surface area contributed by atoms with Gasteiger partial charge in [0.25, 0.3) is 5.91 Å². The van der Waals surface area contributed by atoms with Gasteiger partial charge in [0.2, 0.25) is 0 Å². The van der Waals surface area contributed by atoms with Crippen LogP contribution < -0.4 is 16.0 Å². The number of halogens is 1. The number of anilines is 1. The molecule has 0 spiro atoms. The maximum Gasteiger partial charge on any atom is 0.252 e. The fraction of sp³-hybridized carbons (Fsp3) is 0.409. The molecule has 1 saturated heterocycles. The van der Waals surface area contributed by atoms with Crippen LogP contribution in [0.4, 0.5) is 5.82 Å². The Kier molecular flexibility index (Phi) is 5.31. The van der Waals surface area contributed by atoms with Crippen LogP contribution >= 0.6 is 11.6 Å². The number of benzene rings is 1. The Hall–Kier alpha value is -2.64. The predicted octanol–water partition coefficient (Wildman–Crippen LogP) is 3.35. The van der Waals surface area contributed by atoms with Crippen molar-refractivity contribution in [3.05, 3.63) is 47.1 Å². The Morgan fingerprint density at radius 3 is 2.87 bits per heavy atom. The lowest BCUT2D eigenvalue weighted by Crippen LogP contribution is -2.37. The van der Waals surface area contributed by atoms with Crippen LogP contribution in [0.5, 0.6) is 0 Å². The van der Waals surface area contributed by atoms with E-state index >= 15 is 0 Å². The Morgan fingerprint density at radius 1 is 1.20 bits per heavy atom. The lowest BCUT2D eigenvalue weighted by molar-refractivity contribution is 0.0950. The minimum atomic E-state index is -0.150. The smallest absolute Gasteiger partial charge is 0.252 e. The highest BCUT2D eigenvalue weighted by atomic mass is 35.5. The van der Waals surface area contributed by atoms with Crippen LogP contribution in [0, 0.1) is 5.92 Å². The summed E-state index contributed by atoms with van der Waals surface area (Å²) in [5, 5.41) is 14.9. The highest BCUT2D eigenvalue weighted by molar-refractivity contribution is 6.34. The second kappa shape index (κ2) is 8.24. The zero-order chi connectivity index (χ0) is 20.5. The molecule has 5 rings (SSSR count). The van der Waals surface area contributed by atoms with Gasteiger partial charge in [-0.1, -0.05) is 17.7 Å². The number of carbonyl (C=O) groups excluding carboxylic acids is 1. The molecule has 1 atom stereocenters. The van der Waals surface area contributed by atoms with Crippen molar-refractivity contribution in [1.82, 2.24) is 25.2 Å². The molecule has 3 N–H and O–H groups in total. The second-order valence-corrected chi connectivity index (χ2v) is 8.56. The molecule has 8 heteroatoms. The van der Waals surface area contributed by atoms with E-state index in [4.69, 9.17) is 11.6 Å². The number of imidazole rings is 1. The number of fused-ring (bicyclic) bond motifs is 1. The van der Waals surface area contributed by atoms with Crippen molar-refractivity contribution >= 4 is 29.0 Å². The molecule has 156 valence electrons. The zero-order valence-electron chi connectivity index (χ0n) is 16.7. The molecule has 1 aromatic carbocycles. The number of carbonyl (C=O) groups is 1. The van der Waals surface area contributed by atoms with Crippen molar-refractivity contribution in [2.45, 2.75) is 31.7 Å². The summed E-state index contributed by atoms with van der Waals surface area (Å²) in [5.74, 6) is 1.45. The molecule has 1 aliphatic carbocycles. The first-order valence-corrected chi connectivity index (χ1v) is 11.0. The second-order valence-electron chi connectivity index (χ2n) is 8.15. The van der Waals surface area contributed by atoms with Crippen LogP contribution in [0.2, 0.25) is 5.02 Å². The van der Waals surface area contributed by atoms with Gasteiger partial charge in [-0.3, -0.25) is 4.79 Å². The van der Waals surface area contributed by atoms with E-state index in [1.54, 1.807) is 18.3 Å². The van der Waals surface area contributed by atoms with E-state index in [1.807, 2.05) is 22.7 Å². The molecule has 3 aromatic rings. The summed E-state index contributed by atoms with van der Waals surface area (Å²) in [6, 6.07) is 9.72. The SMILES string of the molecule is O=C(NC[C@@H]1CCCN1)c1ccc(-c2cnc3ccc(NCC4CC4)nn23)cc1Cl. The highest BCUT2D eigenvalue weighted by Gasteiger charge is 2.21. The maximum absolute atomic E-state index is 12.5. The van der Waals surface area contributed by atoms with Crippen molar-refractivity contribution in [2.75, 3.05) is 25.0 Å². The van der Waals surface area contributed by atoms with E-state index in [0.29, 0.717) is 23.2 Å². The number of hydrogen-bond donors (Lipinski definition) is 3. The largest absolute Gasteiger partial charge is 0.368 e. The molecule has 1 aliphatic heterocycles. The summed E-state index contributed by atoms with van der Waals surface area (Å²) in [6.45, 7) is 2.58. The maximum atomic E-state index is 12.5. The zero-order valence-corrected chi connectivity index (χ0v) is 17.5. The summed E-state index contributed by atoms with van der Waals surface area (Å²) in [4.78, 5) is 17.0. The van der Waals surface area contributed by atoms with Gasteiger partial charge in [0, 0.05) is 24.7 Å². The Morgan fingerprint density at radius 2 is 2.10 bits per heavy atom. The summed E-state index contributed by atoms with van der Waals surface area (Å²) in [6.07, 6.45) is 6.61. The third-order valence-electron chi connectivity index (χ3n) is 5.81. The summed E-state index contributed by atoms with van der Waals surface area (Å²) in [5.41, 5.74) is 2.95. The van der Waals surface area contributed by atoms with Gasteiger partial charge in [0.1, 0.15) is 5.82 Å². The predicted molar refractivity (Wildman–Crippen MR) is 118 cm³/mol. The summed E-state index contributed by atoms with van der Waals surface area (Å²) < 4.78 is 1.81. The van der Waals surface area contributed by atoms with Gasteiger partial charge in [0.05, 0.1) is 22.5 Å². The lowest BCUT2D eigenvalue weighted by Gasteiger charge is -2.12. The average Bonchev–Trinajstić information content (AvgIpc) is 3.26. The first-order valence-electron chi connectivity index (χ1n) is 10.6. The number of hydrogen-bond acceptors (Lipinski definition) is 5. The molecule has 0 unspecified atom stereocenters. The molecule has 7 nitrogen and oxygen atoms in total. The first kappa shape index (κ1) is 19.3. The lowest BCUT2D eigenvalue weighted by atomic mass is 10.1. The number of rotatable bonds is 7.